The van der Waals surface area contributed by atoms with Crippen molar-refractivity contribution in [1.82, 2.24) is 9.97 Å². The summed E-state index contributed by atoms with van der Waals surface area (Å²) in [6.45, 7) is 5.99. The Morgan fingerprint density at radius 2 is 2.09 bits per heavy atom. The van der Waals surface area contributed by atoms with Crippen LogP contribution in [0.5, 0.6) is 0 Å². The van der Waals surface area contributed by atoms with Crippen LogP contribution in [0.1, 0.15) is 31.3 Å². The summed E-state index contributed by atoms with van der Waals surface area (Å²) in [4.78, 5) is 8.21. The minimum Gasteiger partial charge on any atom is -0.240 e. The number of rotatable bonds is 1. The lowest BCUT2D eigenvalue weighted by molar-refractivity contribution is 0.802. The van der Waals surface area contributed by atoms with E-state index in [4.69, 9.17) is 11.6 Å². The Balaban J connectivity index is 3.13. The van der Waals surface area contributed by atoms with Gasteiger partial charge in [-0.15, -0.1) is 0 Å². The number of halogens is 1. The molecule has 0 unspecified atom stereocenters. The van der Waals surface area contributed by atoms with Crippen LogP contribution in [0, 0.1) is 6.92 Å². The molecule has 0 amide bonds. The molecule has 0 atom stereocenters. The molecule has 60 valence electrons. The third kappa shape index (κ3) is 1.90. The second-order valence-corrected chi connectivity index (χ2v) is 3.21. The van der Waals surface area contributed by atoms with Gasteiger partial charge in [0.05, 0.1) is 10.7 Å². The molecule has 3 heteroatoms. The van der Waals surface area contributed by atoms with Crippen LogP contribution in [-0.4, -0.2) is 9.97 Å². The summed E-state index contributed by atoms with van der Waals surface area (Å²) < 4.78 is 0. The molecule has 0 radical (unpaired) electrons. The van der Waals surface area contributed by atoms with Crippen molar-refractivity contribution in [3.05, 3.63) is 22.7 Å². The Morgan fingerprint density at radius 1 is 1.45 bits per heavy atom. The largest absolute Gasteiger partial charge is 0.240 e. The quantitative estimate of drug-likeness (QED) is 0.648. The summed E-state index contributed by atoms with van der Waals surface area (Å²) >= 11 is 5.87. The summed E-state index contributed by atoms with van der Waals surface area (Å²) in [6.07, 6.45) is 1.65. The molecular weight excluding hydrogens is 160 g/mol. The van der Waals surface area contributed by atoms with E-state index in [0.29, 0.717) is 10.9 Å². The van der Waals surface area contributed by atoms with Gasteiger partial charge in [-0.2, -0.15) is 0 Å². The first-order valence-electron chi connectivity index (χ1n) is 3.60. The second kappa shape index (κ2) is 3.18. The molecule has 0 saturated carbocycles. The molecule has 2 nitrogen and oxygen atoms in total. The molecule has 0 fully saturated rings. The monoisotopic (exact) mass is 170 g/mol. The molecule has 0 saturated heterocycles. The third-order valence-corrected chi connectivity index (χ3v) is 1.73. The highest BCUT2D eigenvalue weighted by Gasteiger charge is 2.06. The lowest BCUT2D eigenvalue weighted by Crippen LogP contribution is -1.97. The highest BCUT2D eigenvalue weighted by atomic mass is 35.5. The molecule has 0 spiro atoms. The summed E-state index contributed by atoms with van der Waals surface area (Å²) in [5.41, 5.74) is 0.930. The lowest BCUT2D eigenvalue weighted by atomic mass is 10.1. The number of hydrogen-bond acceptors (Lipinski definition) is 2. The zero-order chi connectivity index (χ0) is 8.43. The molecular formula is C8H11ClN2. The summed E-state index contributed by atoms with van der Waals surface area (Å²) in [7, 11) is 0. The molecule has 1 heterocycles. The van der Waals surface area contributed by atoms with Crippen molar-refractivity contribution in [1.29, 1.82) is 0 Å². The van der Waals surface area contributed by atoms with Crippen LogP contribution in [0.25, 0.3) is 0 Å². The van der Waals surface area contributed by atoms with E-state index in [-0.39, 0.29) is 0 Å². The van der Waals surface area contributed by atoms with Crippen LogP contribution in [0.2, 0.25) is 5.02 Å². The van der Waals surface area contributed by atoms with Gasteiger partial charge < -0.3 is 0 Å². The van der Waals surface area contributed by atoms with E-state index in [0.717, 1.165) is 11.5 Å². The standard InChI is InChI=1S/C8H11ClN2/c1-5(2)8-7(9)4-10-6(3)11-8/h4-5H,1-3H3. The Morgan fingerprint density at radius 3 is 2.55 bits per heavy atom. The molecule has 0 N–H and O–H groups in total. The Labute approximate surface area is 71.6 Å². The molecule has 0 aliphatic heterocycles. The van der Waals surface area contributed by atoms with Crippen molar-refractivity contribution < 1.29 is 0 Å². The molecule has 0 aliphatic rings. The fourth-order valence-corrected chi connectivity index (χ4v) is 1.19. The van der Waals surface area contributed by atoms with E-state index in [2.05, 4.69) is 23.8 Å². The van der Waals surface area contributed by atoms with Crippen LogP contribution in [0.4, 0.5) is 0 Å². The third-order valence-electron chi connectivity index (χ3n) is 1.44. The van der Waals surface area contributed by atoms with E-state index in [1.54, 1.807) is 6.20 Å². The van der Waals surface area contributed by atoms with E-state index in [1.165, 1.54) is 0 Å². The first-order chi connectivity index (χ1) is 5.11. The van der Waals surface area contributed by atoms with Crippen LogP contribution >= 0.6 is 11.6 Å². The smallest absolute Gasteiger partial charge is 0.125 e. The van der Waals surface area contributed by atoms with E-state index in [9.17, 15) is 0 Å². The van der Waals surface area contributed by atoms with Crippen LogP contribution in [0.3, 0.4) is 0 Å². The fourth-order valence-electron chi connectivity index (χ4n) is 0.878. The maximum Gasteiger partial charge on any atom is 0.125 e. The first kappa shape index (κ1) is 8.47. The molecule has 1 rings (SSSR count). The minimum atomic E-state index is 0.365. The van der Waals surface area contributed by atoms with E-state index in [1.807, 2.05) is 6.92 Å². The Kier molecular flexibility index (Phi) is 2.45. The van der Waals surface area contributed by atoms with Gasteiger partial charge in [0.25, 0.3) is 0 Å². The van der Waals surface area contributed by atoms with Gasteiger partial charge in [-0.25, -0.2) is 9.97 Å². The normalized spacial score (nSPS) is 10.6. The van der Waals surface area contributed by atoms with Crippen LogP contribution < -0.4 is 0 Å². The van der Waals surface area contributed by atoms with Crippen molar-refractivity contribution in [2.24, 2.45) is 0 Å². The SMILES string of the molecule is Cc1ncc(Cl)c(C(C)C)n1. The van der Waals surface area contributed by atoms with Crippen molar-refractivity contribution in [2.75, 3.05) is 0 Å². The zero-order valence-corrected chi connectivity index (χ0v) is 7.68. The summed E-state index contributed by atoms with van der Waals surface area (Å²) in [6, 6.07) is 0. The summed E-state index contributed by atoms with van der Waals surface area (Å²) in [5.74, 6) is 1.14. The van der Waals surface area contributed by atoms with Crippen molar-refractivity contribution in [3.63, 3.8) is 0 Å². The van der Waals surface area contributed by atoms with Gasteiger partial charge in [-0.1, -0.05) is 25.4 Å². The summed E-state index contributed by atoms with van der Waals surface area (Å²) in [5, 5.41) is 0.658. The highest BCUT2D eigenvalue weighted by Crippen LogP contribution is 2.20. The van der Waals surface area contributed by atoms with Crippen LogP contribution in [0.15, 0.2) is 6.20 Å². The van der Waals surface area contributed by atoms with Gasteiger partial charge in [0.15, 0.2) is 0 Å². The molecule has 0 aliphatic carbocycles. The van der Waals surface area contributed by atoms with Crippen molar-refractivity contribution >= 4 is 11.6 Å². The fraction of sp³-hybridized carbons (Fsp3) is 0.500. The van der Waals surface area contributed by atoms with Gasteiger partial charge in [0.1, 0.15) is 5.82 Å². The van der Waals surface area contributed by atoms with E-state index < -0.39 is 0 Å². The molecule has 0 bridgehead atoms. The highest BCUT2D eigenvalue weighted by molar-refractivity contribution is 6.31. The van der Waals surface area contributed by atoms with Gasteiger partial charge in [0, 0.05) is 6.20 Å². The Hall–Kier alpha value is -0.630. The maximum absolute atomic E-state index is 5.87. The number of aromatic nitrogens is 2. The average molecular weight is 171 g/mol. The first-order valence-corrected chi connectivity index (χ1v) is 3.98. The lowest BCUT2D eigenvalue weighted by Gasteiger charge is -2.05. The molecule has 11 heavy (non-hydrogen) atoms. The minimum absolute atomic E-state index is 0.365. The number of aryl methyl sites for hydroxylation is 1. The van der Waals surface area contributed by atoms with Gasteiger partial charge in [0.2, 0.25) is 0 Å². The predicted molar refractivity (Wildman–Crippen MR) is 45.9 cm³/mol. The van der Waals surface area contributed by atoms with E-state index >= 15 is 0 Å². The average Bonchev–Trinajstić information content (AvgIpc) is 1.94. The predicted octanol–water partition coefficient (Wildman–Crippen LogP) is 2.56. The second-order valence-electron chi connectivity index (χ2n) is 2.81. The topological polar surface area (TPSA) is 25.8 Å². The Bertz CT molecular complexity index is 258. The number of hydrogen-bond donors (Lipinski definition) is 0. The molecule has 1 aromatic heterocycles. The van der Waals surface area contributed by atoms with Gasteiger partial charge >= 0.3 is 0 Å². The molecule has 0 aromatic carbocycles. The van der Waals surface area contributed by atoms with Crippen molar-refractivity contribution in [3.8, 4) is 0 Å². The van der Waals surface area contributed by atoms with Gasteiger partial charge in [-0.3, -0.25) is 0 Å². The van der Waals surface area contributed by atoms with Crippen molar-refractivity contribution in [2.45, 2.75) is 26.7 Å². The maximum atomic E-state index is 5.87. The van der Waals surface area contributed by atoms with Gasteiger partial charge in [-0.05, 0) is 12.8 Å². The molecule has 1 aromatic rings. The number of nitrogens with zero attached hydrogens (tertiary/aromatic N) is 2. The zero-order valence-electron chi connectivity index (χ0n) is 6.93. The van der Waals surface area contributed by atoms with Crippen LogP contribution in [-0.2, 0) is 0 Å².